The van der Waals surface area contributed by atoms with Crippen LogP contribution in [0, 0.1) is 0 Å². The summed E-state index contributed by atoms with van der Waals surface area (Å²) >= 11 is 3.03. The van der Waals surface area contributed by atoms with Gasteiger partial charge in [-0.25, -0.2) is 0 Å². The molecule has 3 N–H and O–H groups in total. The van der Waals surface area contributed by atoms with Gasteiger partial charge in [-0.15, -0.1) is 22.7 Å². The fraction of sp³-hybridized carbons (Fsp3) is 0.333. The number of carbonyl (C=O) groups is 2. The van der Waals surface area contributed by atoms with E-state index in [0.29, 0.717) is 17.8 Å². The van der Waals surface area contributed by atoms with E-state index in [0.717, 1.165) is 9.40 Å². The van der Waals surface area contributed by atoms with E-state index in [9.17, 15) is 9.59 Å². The van der Waals surface area contributed by atoms with Gasteiger partial charge < -0.3 is 15.7 Å². The molecule has 100 valence electrons. The van der Waals surface area contributed by atoms with Crippen molar-refractivity contribution >= 4 is 43.9 Å². The average molecular weight is 296 g/mol. The Kier molecular flexibility index (Phi) is 2.84. The molecule has 0 spiro atoms. The summed E-state index contributed by atoms with van der Waals surface area (Å²) in [4.78, 5) is 25.6. The Hall–Kier alpha value is -1.44. The summed E-state index contributed by atoms with van der Waals surface area (Å²) in [6.45, 7) is 0.472. The zero-order chi connectivity index (χ0) is 13.6. The van der Waals surface area contributed by atoms with Crippen molar-refractivity contribution in [2.24, 2.45) is 5.73 Å². The molecule has 1 aliphatic rings. The zero-order valence-electron chi connectivity index (χ0n) is 9.96. The predicted molar refractivity (Wildman–Crippen MR) is 74.8 cm³/mol. The number of thiophene rings is 2. The molecule has 1 aliphatic heterocycles. The molecule has 1 unspecified atom stereocenters. The van der Waals surface area contributed by atoms with Gasteiger partial charge in [-0.1, -0.05) is 0 Å². The fourth-order valence-electron chi connectivity index (χ4n) is 2.21. The maximum absolute atomic E-state index is 12.3. The summed E-state index contributed by atoms with van der Waals surface area (Å²) in [6.07, 6.45) is 0.299. The van der Waals surface area contributed by atoms with Gasteiger partial charge in [-0.3, -0.25) is 9.59 Å². The minimum atomic E-state index is -1.30. The van der Waals surface area contributed by atoms with Gasteiger partial charge >= 0.3 is 5.97 Å². The van der Waals surface area contributed by atoms with Crippen molar-refractivity contribution in [3.8, 4) is 0 Å². The van der Waals surface area contributed by atoms with E-state index < -0.39 is 11.5 Å². The number of hydrogen-bond acceptors (Lipinski definition) is 5. The van der Waals surface area contributed by atoms with Crippen LogP contribution in [0.3, 0.4) is 0 Å². The number of likely N-dealkylation sites (tertiary alicyclic amines) is 1. The first-order valence-corrected chi connectivity index (χ1v) is 7.48. The van der Waals surface area contributed by atoms with Crippen LogP contribution in [0.15, 0.2) is 17.5 Å². The van der Waals surface area contributed by atoms with Crippen LogP contribution in [0.1, 0.15) is 16.1 Å². The number of fused-ring (bicyclic) bond motifs is 1. The van der Waals surface area contributed by atoms with E-state index in [1.807, 2.05) is 17.5 Å². The first kappa shape index (κ1) is 12.6. The first-order chi connectivity index (χ1) is 8.99. The van der Waals surface area contributed by atoms with Crippen LogP contribution in [0.4, 0.5) is 0 Å². The highest BCUT2D eigenvalue weighted by atomic mass is 32.1. The van der Waals surface area contributed by atoms with Crippen LogP contribution < -0.4 is 5.73 Å². The molecule has 0 bridgehead atoms. The van der Waals surface area contributed by atoms with Gasteiger partial charge in [0.2, 0.25) is 0 Å². The van der Waals surface area contributed by atoms with E-state index in [1.54, 1.807) is 11.3 Å². The topological polar surface area (TPSA) is 83.6 Å². The number of aliphatic carboxylic acids is 1. The summed E-state index contributed by atoms with van der Waals surface area (Å²) in [7, 11) is 0. The molecule has 0 radical (unpaired) electrons. The van der Waals surface area contributed by atoms with Crippen LogP contribution in [0.5, 0.6) is 0 Å². The number of carboxylic acids is 1. The Balaban J connectivity index is 1.82. The molecule has 1 atom stereocenters. The predicted octanol–water partition coefficient (Wildman–Crippen LogP) is 1.59. The second-order valence-corrected chi connectivity index (χ2v) is 6.73. The van der Waals surface area contributed by atoms with Crippen LogP contribution in [-0.2, 0) is 4.79 Å². The summed E-state index contributed by atoms with van der Waals surface area (Å²) in [6, 6.07) is 3.85. The molecule has 1 amide bonds. The number of carbonyl (C=O) groups excluding carboxylic acids is 1. The summed E-state index contributed by atoms with van der Waals surface area (Å²) in [5.41, 5.74) is 4.47. The van der Waals surface area contributed by atoms with E-state index in [1.165, 1.54) is 16.2 Å². The lowest BCUT2D eigenvalue weighted by Crippen LogP contribution is -2.50. The maximum atomic E-state index is 12.3. The molecule has 3 rings (SSSR count). The molecule has 19 heavy (non-hydrogen) atoms. The smallest absolute Gasteiger partial charge is 0.325 e. The summed E-state index contributed by atoms with van der Waals surface area (Å²) < 4.78 is 2.18. The second-order valence-electron chi connectivity index (χ2n) is 4.70. The van der Waals surface area contributed by atoms with Crippen molar-refractivity contribution in [3.63, 3.8) is 0 Å². The van der Waals surface area contributed by atoms with Crippen LogP contribution in [-0.4, -0.2) is 40.5 Å². The number of rotatable bonds is 2. The molecule has 0 saturated carbocycles. The molecule has 0 aromatic carbocycles. The summed E-state index contributed by atoms with van der Waals surface area (Å²) in [5, 5.41) is 11.1. The van der Waals surface area contributed by atoms with Gasteiger partial charge in [0.05, 0.1) is 4.88 Å². The molecular formula is C12H12N2O3S2. The highest BCUT2D eigenvalue weighted by molar-refractivity contribution is 7.27. The Morgan fingerprint density at radius 2 is 2.21 bits per heavy atom. The molecule has 2 aromatic heterocycles. The average Bonchev–Trinajstić information content (AvgIpc) is 3.01. The highest BCUT2D eigenvalue weighted by Gasteiger charge is 2.43. The quantitative estimate of drug-likeness (QED) is 0.881. The molecule has 5 nitrogen and oxygen atoms in total. The molecule has 1 fully saturated rings. The van der Waals surface area contributed by atoms with Gasteiger partial charge in [0.25, 0.3) is 5.91 Å². The first-order valence-electron chi connectivity index (χ1n) is 5.78. The standard InChI is InChI=1S/C12H12N2O3S2/c13-12(11(16)17)2-3-14(6-12)10(15)9-5-8-7(19-9)1-4-18-8/h1,4-5H,2-3,6,13H2,(H,16,17). The molecule has 7 heteroatoms. The third-order valence-electron chi connectivity index (χ3n) is 3.36. The largest absolute Gasteiger partial charge is 0.480 e. The SMILES string of the molecule is NC1(C(=O)O)CCN(C(=O)c2cc3sccc3s2)C1. The van der Waals surface area contributed by atoms with Gasteiger partial charge in [-0.2, -0.15) is 0 Å². The lowest BCUT2D eigenvalue weighted by Gasteiger charge is -2.19. The number of nitrogens with zero attached hydrogens (tertiary/aromatic N) is 1. The van der Waals surface area contributed by atoms with Crippen molar-refractivity contribution in [2.75, 3.05) is 13.1 Å². The third kappa shape index (κ3) is 2.03. The van der Waals surface area contributed by atoms with Crippen molar-refractivity contribution in [3.05, 3.63) is 22.4 Å². The summed E-state index contributed by atoms with van der Waals surface area (Å²) in [5.74, 6) is -1.17. The van der Waals surface area contributed by atoms with E-state index in [4.69, 9.17) is 10.8 Å². The van der Waals surface area contributed by atoms with E-state index in [-0.39, 0.29) is 12.5 Å². The van der Waals surface area contributed by atoms with Gasteiger partial charge in [-0.05, 0) is 23.9 Å². The Labute approximate surface area is 117 Å². The van der Waals surface area contributed by atoms with Gasteiger partial charge in [0, 0.05) is 22.5 Å². The maximum Gasteiger partial charge on any atom is 0.325 e. The number of nitrogens with two attached hydrogens (primary N) is 1. The normalized spacial score (nSPS) is 23.1. The lowest BCUT2D eigenvalue weighted by atomic mass is 10.0. The van der Waals surface area contributed by atoms with Gasteiger partial charge in [0.1, 0.15) is 5.54 Å². The molecule has 3 heterocycles. The van der Waals surface area contributed by atoms with Gasteiger partial charge in [0.15, 0.2) is 0 Å². The Bertz CT molecular complexity index is 634. The zero-order valence-corrected chi connectivity index (χ0v) is 11.6. The minimum absolute atomic E-state index is 0.0761. The molecule has 1 saturated heterocycles. The molecule has 2 aromatic rings. The van der Waals surface area contributed by atoms with Crippen LogP contribution in [0.2, 0.25) is 0 Å². The van der Waals surface area contributed by atoms with Crippen molar-refractivity contribution < 1.29 is 14.7 Å². The highest BCUT2D eigenvalue weighted by Crippen LogP contribution is 2.31. The number of hydrogen-bond donors (Lipinski definition) is 2. The lowest BCUT2D eigenvalue weighted by molar-refractivity contribution is -0.142. The van der Waals surface area contributed by atoms with Crippen molar-refractivity contribution in [2.45, 2.75) is 12.0 Å². The molecular weight excluding hydrogens is 284 g/mol. The van der Waals surface area contributed by atoms with Crippen LogP contribution >= 0.6 is 22.7 Å². The number of carboxylic acid groups (broad SMARTS) is 1. The second kappa shape index (κ2) is 4.29. The van der Waals surface area contributed by atoms with E-state index >= 15 is 0 Å². The number of amides is 1. The van der Waals surface area contributed by atoms with Crippen LogP contribution in [0.25, 0.3) is 9.40 Å². The Morgan fingerprint density at radius 3 is 2.84 bits per heavy atom. The monoisotopic (exact) mass is 296 g/mol. The third-order valence-corrected chi connectivity index (χ3v) is 5.45. The molecule has 0 aliphatic carbocycles. The van der Waals surface area contributed by atoms with Crippen molar-refractivity contribution in [1.29, 1.82) is 0 Å². The minimum Gasteiger partial charge on any atom is -0.480 e. The van der Waals surface area contributed by atoms with Crippen molar-refractivity contribution in [1.82, 2.24) is 4.90 Å². The van der Waals surface area contributed by atoms with E-state index in [2.05, 4.69) is 0 Å². The fourth-order valence-corrected chi connectivity index (χ4v) is 4.28. The Morgan fingerprint density at radius 1 is 1.42 bits per heavy atom.